The molecule has 0 rings (SSSR count). The summed E-state index contributed by atoms with van der Waals surface area (Å²) in [5.41, 5.74) is 4.28. The number of nitrogens with one attached hydrogen (secondary N) is 1. The lowest BCUT2D eigenvalue weighted by molar-refractivity contribution is -0.121. The Morgan fingerprint density at radius 3 is 1.96 bits per heavy atom. The van der Waals surface area contributed by atoms with Crippen LogP contribution in [0.2, 0.25) is 0 Å². The summed E-state index contributed by atoms with van der Waals surface area (Å²) in [6, 6.07) is -0.0369. The molecule has 0 heterocycles. The lowest BCUT2D eigenvalue weighted by Crippen LogP contribution is -2.42. The molecule has 3 heteroatoms. The zero-order chi connectivity index (χ0) is 18.5. The number of hydrogen-bond acceptors (Lipinski definition) is 3. The highest BCUT2D eigenvalue weighted by molar-refractivity contribution is 5.81. The minimum Gasteiger partial charge on any atom is -0.311 e. The van der Waals surface area contributed by atoms with Crippen LogP contribution in [-0.2, 0) is 4.79 Å². The Labute approximate surface area is 149 Å². The maximum absolute atomic E-state index is 11.5. The normalized spacial score (nSPS) is 14.0. The summed E-state index contributed by atoms with van der Waals surface area (Å²) in [5, 5.41) is 3.36. The second-order valence-electron chi connectivity index (χ2n) is 7.21. The van der Waals surface area contributed by atoms with Crippen LogP contribution in [0.25, 0.3) is 0 Å². The summed E-state index contributed by atoms with van der Waals surface area (Å²) < 4.78 is 0. The Balaban J connectivity index is 4.03. The van der Waals surface area contributed by atoms with Gasteiger partial charge in [0, 0.05) is 13.1 Å². The van der Waals surface area contributed by atoms with Crippen molar-refractivity contribution in [2.75, 3.05) is 27.2 Å². The van der Waals surface area contributed by atoms with Crippen molar-refractivity contribution in [2.24, 2.45) is 0 Å². The third-order valence-electron chi connectivity index (χ3n) is 4.15. The van der Waals surface area contributed by atoms with Gasteiger partial charge in [-0.15, -0.1) is 0 Å². The molecule has 0 spiro atoms. The Hall–Kier alpha value is -1.19. The molecule has 0 fully saturated rings. The van der Waals surface area contributed by atoms with Crippen molar-refractivity contribution in [3.8, 4) is 0 Å². The molecule has 1 atom stereocenters. The van der Waals surface area contributed by atoms with E-state index in [4.69, 9.17) is 0 Å². The van der Waals surface area contributed by atoms with Crippen LogP contribution in [-0.4, -0.2) is 43.9 Å². The fourth-order valence-corrected chi connectivity index (χ4v) is 2.50. The molecule has 0 radical (unpaired) electrons. The van der Waals surface area contributed by atoms with Crippen LogP contribution in [0.15, 0.2) is 34.9 Å². The first-order chi connectivity index (χ1) is 11.2. The van der Waals surface area contributed by atoms with E-state index in [1.807, 2.05) is 19.0 Å². The average molecular weight is 335 g/mol. The van der Waals surface area contributed by atoms with Crippen molar-refractivity contribution in [3.05, 3.63) is 34.9 Å². The fraction of sp³-hybridized carbons (Fsp3) is 0.667. The van der Waals surface area contributed by atoms with Gasteiger partial charge in [-0.05, 0) is 74.4 Å². The number of carbonyl (C=O) groups excluding carboxylic acids is 1. The standard InChI is InChI=1S/C21H38N2O/c1-17(2)10-8-11-18(3)12-9-13-19(4)14-15-22-16-21(20(5)24)23(6)7/h10,12,14,21-22H,8-9,11,13,15-16H2,1-7H3. The van der Waals surface area contributed by atoms with Gasteiger partial charge < -0.3 is 5.32 Å². The summed E-state index contributed by atoms with van der Waals surface area (Å²) in [7, 11) is 3.89. The van der Waals surface area contributed by atoms with Crippen LogP contribution in [0.5, 0.6) is 0 Å². The first-order valence-electron chi connectivity index (χ1n) is 9.06. The highest BCUT2D eigenvalue weighted by Crippen LogP contribution is 2.11. The predicted octanol–water partition coefficient (Wildman–Crippen LogP) is 4.51. The van der Waals surface area contributed by atoms with Crippen molar-refractivity contribution in [1.29, 1.82) is 0 Å². The molecule has 0 saturated heterocycles. The highest BCUT2D eigenvalue weighted by Gasteiger charge is 2.15. The molecule has 0 aliphatic carbocycles. The van der Waals surface area contributed by atoms with Gasteiger partial charge in [-0.25, -0.2) is 0 Å². The van der Waals surface area contributed by atoms with Crippen molar-refractivity contribution < 1.29 is 4.79 Å². The van der Waals surface area contributed by atoms with Crippen LogP contribution < -0.4 is 5.32 Å². The van der Waals surface area contributed by atoms with Crippen LogP contribution >= 0.6 is 0 Å². The lowest BCUT2D eigenvalue weighted by atomic mass is 10.1. The molecule has 3 nitrogen and oxygen atoms in total. The zero-order valence-electron chi connectivity index (χ0n) is 16.9. The predicted molar refractivity (Wildman–Crippen MR) is 106 cm³/mol. The second kappa shape index (κ2) is 13.1. The quantitative estimate of drug-likeness (QED) is 0.421. The average Bonchev–Trinajstić information content (AvgIpc) is 2.45. The van der Waals surface area contributed by atoms with Crippen molar-refractivity contribution in [1.82, 2.24) is 10.2 Å². The fourth-order valence-electron chi connectivity index (χ4n) is 2.50. The molecule has 0 aromatic rings. The Morgan fingerprint density at radius 1 is 0.917 bits per heavy atom. The largest absolute Gasteiger partial charge is 0.311 e. The summed E-state index contributed by atoms with van der Waals surface area (Å²) in [6.07, 6.45) is 11.4. The third kappa shape index (κ3) is 12.3. The summed E-state index contributed by atoms with van der Waals surface area (Å²) >= 11 is 0. The number of rotatable bonds is 12. The van der Waals surface area contributed by atoms with Gasteiger partial charge in [0.25, 0.3) is 0 Å². The summed E-state index contributed by atoms with van der Waals surface area (Å²) in [4.78, 5) is 13.5. The molecule has 0 amide bonds. The topological polar surface area (TPSA) is 32.3 Å². The van der Waals surface area contributed by atoms with Gasteiger partial charge in [-0.2, -0.15) is 0 Å². The summed E-state index contributed by atoms with van der Waals surface area (Å²) in [5.74, 6) is 0.210. The van der Waals surface area contributed by atoms with Crippen LogP contribution in [0.1, 0.15) is 60.3 Å². The van der Waals surface area contributed by atoms with E-state index in [9.17, 15) is 4.79 Å². The Morgan fingerprint density at radius 2 is 1.46 bits per heavy atom. The molecule has 0 saturated carbocycles. The van der Waals surface area contributed by atoms with Gasteiger partial charge in [0.2, 0.25) is 0 Å². The number of carbonyl (C=O) groups is 1. The Kier molecular flexibility index (Phi) is 12.5. The number of hydrogen-bond donors (Lipinski definition) is 1. The molecule has 0 aromatic carbocycles. The molecule has 0 aromatic heterocycles. The van der Waals surface area contributed by atoms with Crippen molar-refractivity contribution in [2.45, 2.75) is 66.3 Å². The number of ketones is 1. The van der Waals surface area contributed by atoms with E-state index in [0.717, 1.165) is 32.2 Å². The van der Waals surface area contributed by atoms with Crippen LogP contribution in [0.3, 0.4) is 0 Å². The molecule has 138 valence electrons. The minimum absolute atomic E-state index is 0.0369. The second-order valence-corrected chi connectivity index (χ2v) is 7.21. The Bertz CT molecular complexity index is 454. The van der Waals surface area contributed by atoms with Crippen LogP contribution in [0, 0.1) is 0 Å². The first kappa shape index (κ1) is 22.8. The van der Waals surface area contributed by atoms with Crippen molar-refractivity contribution >= 4 is 5.78 Å². The van der Waals surface area contributed by atoms with Gasteiger partial charge in [0.1, 0.15) is 5.78 Å². The van der Waals surface area contributed by atoms with E-state index in [0.29, 0.717) is 6.54 Å². The van der Waals surface area contributed by atoms with E-state index in [-0.39, 0.29) is 11.8 Å². The molecular weight excluding hydrogens is 296 g/mol. The SMILES string of the molecule is CC(=O)C(CNCC=C(C)CCC=C(C)CCC=C(C)C)N(C)C. The van der Waals surface area contributed by atoms with E-state index in [1.54, 1.807) is 6.92 Å². The third-order valence-corrected chi connectivity index (χ3v) is 4.15. The highest BCUT2D eigenvalue weighted by atomic mass is 16.1. The number of nitrogens with zero attached hydrogens (tertiary/aromatic N) is 1. The van der Waals surface area contributed by atoms with Gasteiger partial charge in [0.05, 0.1) is 6.04 Å². The molecule has 0 aliphatic rings. The monoisotopic (exact) mass is 334 g/mol. The van der Waals surface area contributed by atoms with E-state index < -0.39 is 0 Å². The maximum atomic E-state index is 11.5. The lowest BCUT2D eigenvalue weighted by Gasteiger charge is -2.21. The maximum Gasteiger partial charge on any atom is 0.148 e. The van der Waals surface area contributed by atoms with Crippen LogP contribution in [0.4, 0.5) is 0 Å². The molecule has 1 unspecified atom stereocenters. The number of Topliss-reactive ketones (excluding diaryl/α,β-unsaturated/α-hetero) is 1. The molecular formula is C21H38N2O. The van der Waals surface area contributed by atoms with Gasteiger partial charge in [-0.3, -0.25) is 9.69 Å². The smallest absolute Gasteiger partial charge is 0.148 e. The van der Waals surface area contributed by atoms with E-state index >= 15 is 0 Å². The molecule has 24 heavy (non-hydrogen) atoms. The number of allylic oxidation sites excluding steroid dienone is 5. The molecule has 1 N–H and O–H groups in total. The first-order valence-corrected chi connectivity index (χ1v) is 9.06. The van der Waals surface area contributed by atoms with Crippen molar-refractivity contribution in [3.63, 3.8) is 0 Å². The molecule has 0 aliphatic heterocycles. The van der Waals surface area contributed by atoms with Gasteiger partial charge in [0.15, 0.2) is 0 Å². The minimum atomic E-state index is -0.0369. The van der Waals surface area contributed by atoms with E-state index in [1.165, 1.54) is 16.7 Å². The summed E-state index contributed by atoms with van der Waals surface area (Å²) in [6.45, 7) is 11.9. The van der Waals surface area contributed by atoms with Gasteiger partial charge >= 0.3 is 0 Å². The van der Waals surface area contributed by atoms with Gasteiger partial charge in [-0.1, -0.05) is 34.9 Å². The zero-order valence-corrected chi connectivity index (χ0v) is 16.9. The number of likely N-dealkylation sites (N-methyl/N-ethyl adjacent to an activating group) is 1. The molecule has 0 bridgehead atoms. The van der Waals surface area contributed by atoms with E-state index in [2.05, 4.69) is 51.2 Å².